The largest absolute Gasteiger partial charge is 0.494 e. The third-order valence-electron chi connectivity index (χ3n) is 4.72. The molecule has 3 heterocycles. The Morgan fingerprint density at radius 3 is 2.63 bits per heavy atom. The summed E-state index contributed by atoms with van der Waals surface area (Å²) in [4.78, 5) is 14.6. The smallest absolute Gasteiger partial charge is 0.283 e. The van der Waals surface area contributed by atoms with Gasteiger partial charge < -0.3 is 18.5 Å². The van der Waals surface area contributed by atoms with Crippen molar-refractivity contribution in [2.75, 3.05) is 19.7 Å². The second kappa shape index (κ2) is 7.65. The lowest BCUT2D eigenvalue weighted by molar-refractivity contribution is 0.0706. The number of benzene rings is 1. The van der Waals surface area contributed by atoms with Crippen molar-refractivity contribution in [3.05, 3.63) is 54.1 Å². The molecule has 7 nitrogen and oxygen atoms in total. The van der Waals surface area contributed by atoms with Gasteiger partial charge >= 0.3 is 0 Å². The summed E-state index contributed by atoms with van der Waals surface area (Å²) in [5.74, 6) is 2.54. The van der Waals surface area contributed by atoms with Gasteiger partial charge in [-0.3, -0.25) is 4.79 Å². The first kappa shape index (κ1) is 17.3. The van der Waals surface area contributed by atoms with Crippen LogP contribution in [0.15, 0.2) is 51.5 Å². The number of aromatic nitrogens is 2. The Labute approximate surface area is 156 Å². The highest BCUT2D eigenvalue weighted by molar-refractivity contribution is 5.94. The molecule has 7 heteroatoms. The minimum atomic E-state index is 0.0401. The predicted molar refractivity (Wildman–Crippen MR) is 97.5 cm³/mol. The fraction of sp³-hybridized carbons (Fsp3) is 0.350. The molecule has 0 saturated carbocycles. The van der Waals surface area contributed by atoms with Crippen molar-refractivity contribution in [1.82, 2.24) is 15.1 Å². The van der Waals surface area contributed by atoms with Gasteiger partial charge in [0.25, 0.3) is 11.8 Å². The Morgan fingerprint density at radius 1 is 1.19 bits per heavy atom. The molecule has 1 fully saturated rings. The summed E-state index contributed by atoms with van der Waals surface area (Å²) in [6.07, 6.45) is 3.16. The standard InChI is InChI=1S/C20H21N3O4/c1-2-25-16-7-5-15(6-8-16)20(24)23-11-9-14(10-12-23)18-21-22-19(27-18)17-4-3-13-26-17/h3-8,13-14H,2,9-12H2,1H3. The van der Waals surface area contributed by atoms with Crippen LogP contribution in [0.2, 0.25) is 0 Å². The summed E-state index contributed by atoms with van der Waals surface area (Å²) in [6, 6.07) is 10.9. The average molecular weight is 367 g/mol. The molecule has 1 aliphatic heterocycles. The zero-order chi connectivity index (χ0) is 18.6. The van der Waals surface area contributed by atoms with Crippen molar-refractivity contribution in [3.63, 3.8) is 0 Å². The Hall–Kier alpha value is -3.09. The van der Waals surface area contributed by atoms with Crippen molar-refractivity contribution in [2.45, 2.75) is 25.7 Å². The highest BCUT2D eigenvalue weighted by Gasteiger charge is 2.28. The topological polar surface area (TPSA) is 81.6 Å². The maximum absolute atomic E-state index is 12.7. The van der Waals surface area contributed by atoms with Crippen LogP contribution >= 0.6 is 0 Å². The van der Waals surface area contributed by atoms with Crippen LogP contribution < -0.4 is 4.74 Å². The van der Waals surface area contributed by atoms with Crippen molar-refractivity contribution < 1.29 is 18.4 Å². The lowest BCUT2D eigenvalue weighted by Crippen LogP contribution is -2.38. The Kier molecular flexibility index (Phi) is 4.91. The SMILES string of the molecule is CCOc1ccc(C(=O)N2CCC(c3nnc(-c4ccco4)o3)CC2)cc1. The summed E-state index contributed by atoms with van der Waals surface area (Å²) in [5.41, 5.74) is 0.676. The third kappa shape index (κ3) is 3.72. The van der Waals surface area contributed by atoms with Crippen molar-refractivity contribution in [3.8, 4) is 17.4 Å². The number of piperidine rings is 1. The summed E-state index contributed by atoms with van der Waals surface area (Å²) >= 11 is 0. The van der Waals surface area contributed by atoms with Crippen LogP contribution in [0.4, 0.5) is 0 Å². The van der Waals surface area contributed by atoms with Crippen LogP contribution in [0.5, 0.6) is 5.75 Å². The van der Waals surface area contributed by atoms with Crippen LogP contribution in [0, 0.1) is 0 Å². The summed E-state index contributed by atoms with van der Waals surface area (Å²) in [5, 5.41) is 8.21. The molecule has 0 spiro atoms. The molecule has 0 radical (unpaired) electrons. The Morgan fingerprint density at radius 2 is 1.96 bits per heavy atom. The minimum Gasteiger partial charge on any atom is -0.494 e. The van der Waals surface area contributed by atoms with Gasteiger partial charge in [0.2, 0.25) is 5.89 Å². The molecule has 27 heavy (non-hydrogen) atoms. The lowest BCUT2D eigenvalue weighted by atomic mass is 9.96. The molecule has 0 atom stereocenters. The van der Waals surface area contributed by atoms with Crippen LogP contribution in [-0.2, 0) is 0 Å². The maximum Gasteiger partial charge on any atom is 0.283 e. The van der Waals surface area contributed by atoms with E-state index >= 15 is 0 Å². The number of rotatable bonds is 5. The van der Waals surface area contributed by atoms with E-state index in [1.807, 2.05) is 36.1 Å². The van der Waals surface area contributed by atoms with Crippen molar-refractivity contribution >= 4 is 5.91 Å². The van der Waals surface area contributed by atoms with Gasteiger partial charge in [0.05, 0.1) is 12.9 Å². The van der Waals surface area contributed by atoms with Gasteiger partial charge in [0.15, 0.2) is 5.76 Å². The van der Waals surface area contributed by atoms with Gasteiger partial charge in [-0.15, -0.1) is 10.2 Å². The first-order chi connectivity index (χ1) is 13.2. The summed E-state index contributed by atoms with van der Waals surface area (Å²) in [7, 11) is 0. The number of amides is 1. The van der Waals surface area contributed by atoms with E-state index in [1.54, 1.807) is 18.4 Å². The number of nitrogens with zero attached hydrogens (tertiary/aromatic N) is 3. The number of furan rings is 1. The number of carbonyl (C=O) groups is 1. The molecule has 0 unspecified atom stereocenters. The van der Waals surface area contributed by atoms with E-state index in [1.165, 1.54) is 0 Å². The second-order valence-electron chi connectivity index (χ2n) is 6.45. The molecule has 1 saturated heterocycles. The van der Waals surface area contributed by atoms with Gasteiger partial charge in [-0.25, -0.2) is 0 Å². The molecular weight excluding hydrogens is 346 g/mol. The number of carbonyl (C=O) groups excluding carboxylic acids is 1. The van der Waals surface area contributed by atoms with Crippen molar-refractivity contribution in [1.29, 1.82) is 0 Å². The minimum absolute atomic E-state index is 0.0401. The van der Waals surface area contributed by atoms with Crippen LogP contribution in [0.25, 0.3) is 11.7 Å². The molecule has 3 aromatic rings. The Balaban J connectivity index is 1.36. The average Bonchev–Trinajstić information content (AvgIpc) is 3.40. The molecule has 0 bridgehead atoms. The summed E-state index contributed by atoms with van der Waals surface area (Å²) in [6.45, 7) is 3.87. The van der Waals surface area contributed by atoms with E-state index in [9.17, 15) is 4.79 Å². The number of ether oxygens (including phenoxy) is 1. The van der Waals surface area contributed by atoms with E-state index in [0.717, 1.165) is 18.6 Å². The first-order valence-electron chi connectivity index (χ1n) is 9.14. The van der Waals surface area contributed by atoms with Gasteiger partial charge in [-0.2, -0.15) is 0 Å². The number of likely N-dealkylation sites (tertiary alicyclic amines) is 1. The summed E-state index contributed by atoms with van der Waals surface area (Å²) < 4.78 is 16.5. The second-order valence-corrected chi connectivity index (χ2v) is 6.45. The van der Waals surface area contributed by atoms with Crippen molar-refractivity contribution in [2.24, 2.45) is 0 Å². The number of hydrogen-bond acceptors (Lipinski definition) is 6. The van der Waals surface area contributed by atoms with Gasteiger partial charge in [0, 0.05) is 24.6 Å². The molecule has 0 N–H and O–H groups in total. The van der Waals surface area contributed by atoms with Crippen LogP contribution in [0.3, 0.4) is 0 Å². The van der Waals surface area contributed by atoms with Crippen LogP contribution in [0.1, 0.15) is 41.9 Å². The predicted octanol–water partition coefficient (Wildman–Crippen LogP) is 3.75. The first-order valence-corrected chi connectivity index (χ1v) is 9.14. The molecule has 2 aromatic heterocycles. The zero-order valence-electron chi connectivity index (χ0n) is 15.1. The Bertz CT molecular complexity index is 878. The molecule has 1 amide bonds. The third-order valence-corrected chi connectivity index (χ3v) is 4.72. The van der Waals surface area contributed by atoms with E-state index in [4.69, 9.17) is 13.6 Å². The van der Waals surface area contributed by atoms with Gasteiger partial charge in [-0.05, 0) is 56.2 Å². The normalized spacial score (nSPS) is 15.1. The molecule has 140 valence electrons. The number of hydrogen-bond donors (Lipinski definition) is 0. The molecule has 1 aliphatic rings. The van der Waals surface area contributed by atoms with E-state index in [0.29, 0.717) is 42.8 Å². The van der Waals surface area contributed by atoms with Gasteiger partial charge in [-0.1, -0.05) is 0 Å². The fourth-order valence-corrected chi connectivity index (χ4v) is 3.27. The quantitative estimate of drug-likeness (QED) is 0.683. The van der Waals surface area contributed by atoms with Gasteiger partial charge in [0.1, 0.15) is 5.75 Å². The van der Waals surface area contributed by atoms with E-state index < -0.39 is 0 Å². The van der Waals surface area contributed by atoms with E-state index in [2.05, 4.69) is 10.2 Å². The monoisotopic (exact) mass is 367 g/mol. The lowest BCUT2D eigenvalue weighted by Gasteiger charge is -2.30. The zero-order valence-corrected chi connectivity index (χ0v) is 15.1. The molecular formula is C20H21N3O4. The van der Waals surface area contributed by atoms with E-state index in [-0.39, 0.29) is 11.8 Å². The highest BCUT2D eigenvalue weighted by Crippen LogP contribution is 2.30. The molecule has 4 rings (SSSR count). The maximum atomic E-state index is 12.7. The fourth-order valence-electron chi connectivity index (χ4n) is 3.27. The van der Waals surface area contributed by atoms with Crippen LogP contribution in [-0.4, -0.2) is 40.7 Å². The molecule has 0 aliphatic carbocycles. The molecule has 1 aromatic carbocycles. The highest BCUT2D eigenvalue weighted by atomic mass is 16.5.